The molecule has 0 saturated carbocycles. The van der Waals surface area contributed by atoms with Gasteiger partial charge in [-0.05, 0) is 11.0 Å². The fourth-order valence-electron chi connectivity index (χ4n) is 0.878. The lowest BCUT2D eigenvalue weighted by Crippen LogP contribution is -2.07. The zero-order chi connectivity index (χ0) is 9.61. The molecule has 0 aliphatic carbocycles. The Morgan fingerprint density at radius 2 is 2.00 bits per heavy atom. The van der Waals surface area contributed by atoms with Gasteiger partial charge in [-0.15, -0.1) is 0 Å². The Balaban J connectivity index is 4.57. The minimum absolute atomic E-state index is 0.167. The molecule has 0 amide bonds. The molecule has 0 saturated heterocycles. The van der Waals surface area contributed by atoms with Crippen LogP contribution >= 0.6 is 0 Å². The van der Waals surface area contributed by atoms with Crippen molar-refractivity contribution in [1.82, 2.24) is 0 Å². The molecule has 0 aliphatic heterocycles. The SMILES string of the molecule is C=C/C=C(\C=C/CN)C(C)(C)C. The van der Waals surface area contributed by atoms with E-state index in [-0.39, 0.29) is 5.41 Å². The molecule has 0 atom stereocenters. The van der Waals surface area contributed by atoms with Crippen LogP contribution in [0.1, 0.15) is 20.8 Å². The molecule has 0 spiro atoms. The monoisotopic (exact) mass is 165 g/mol. The number of rotatable bonds is 3. The Morgan fingerprint density at radius 3 is 2.33 bits per heavy atom. The minimum atomic E-state index is 0.167. The van der Waals surface area contributed by atoms with Crippen LogP contribution in [0.2, 0.25) is 0 Å². The highest BCUT2D eigenvalue weighted by Crippen LogP contribution is 2.25. The maximum Gasteiger partial charge on any atom is 0.0110 e. The van der Waals surface area contributed by atoms with Gasteiger partial charge < -0.3 is 5.73 Å². The van der Waals surface area contributed by atoms with Crippen molar-refractivity contribution in [3.63, 3.8) is 0 Å². The lowest BCUT2D eigenvalue weighted by molar-refractivity contribution is 0.517. The molecule has 68 valence electrons. The van der Waals surface area contributed by atoms with E-state index in [1.165, 1.54) is 5.57 Å². The molecular formula is C11H19N. The number of hydrogen-bond acceptors (Lipinski definition) is 1. The Labute approximate surface area is 75.7 Å². The highest BCUT2D eigenvalue weighted by Gasteiger charge is 2.12. The molecule has 0 rings (SSSR count). The van der Waals surface area contributed by atoms with E-state index in [4.69, 9.17) is 5.73 Å². The molecule has 2 N–H and O–H groups in total. The molecule has 0 unspecified atom stereocenters. The molecule has 0 aromatic carbocycles. The Kier molecular flexibility index (Phi) is 4.60. The average Bonchev–Trinajstić information content (AvgIpc) is 1.95. The fraction of sp³-hybridized carbons (Fsp3) is 0.455. The third kappa shape index (κ3) is 4.14. The first kappa shape index (κ1) is 11.2. The van der Waals surface area contributed by atoms with Gasteiger partial charge in [0.1, 0.15) is 0 Å². The van der Waals surface area contributed by atoms with Crippen molar-refractivity contribution in [2.45, 2.75) is 20.8 Å². The molecule has 0 heterocycles. The summed E-state index contributed by atoms with van der Waals surface area (Å²) < 4.78 is 0. The molecule has 0 radical (unpaired) electrons. The summed E-state index contributed by atoms with van der Waals surface area (Å²) in [6.45, 7) is 10.8. The molecule has 0 aliphatic rings. The van der Waals surface area contributed by atoms with Crippen LogP contribution in [0.15, 0.2) is 36.5 Å². The Morgan fingerprint density at radius 1 is 1.42 bits per heavy atom. The van der Waals surface area contributed by atoms with Gasteiger partial charge in [-0.3, -0.25) is 0 Å². The summed E-state index contributed by atoms with van der Waals surface area (Å²) in [5.74, 6) is 0. The van der Waals surface area contributed by atoms with E-state index < -0.39 is 0 Å². The van der Waals surface area contributed by atoms with Crippen LogP contribution in [0.4, 0.5) is 0 Å². The summed E-state index contributed by atoms with van der Waals surface area (Å²) in [7, 11) is 0. The fourth-order valence-corrected chi connectivity index (χ4v) is 0.878. The summed E-state index contributed by atoms with van der Waals surface area (Å²) in [5, 5.41) is 0. The molecule has 0 fully saturated rings. The lowest BCUT2D eigenvalue weighted by atomic mass is 9.86. The highest BCUT2D eigenvalue weighted by molar-refractivity contribution is 5.28. The molecule has 0 aromatic rings. The summed E-state index contributed by atoms with van der Waals surface area (Å²) in [5.41, 5.74) is 6.80. The van der Waals surface area contributed by atoms with Gasteiger partial charge in [0.25, 0.3) is 0 Å². The molecule has 0 bridgehead atoms. The highest BCUT2D eigenvalue weighted by atomic mass is 14.5. The smallest absolute Gasteiger partial charge is 0.0110 e. The van der Waals surface area contributed by atoms with Crippen molar-refractivity contribution >= 4 is 0 Å². The van der Waals surface area contributed by atoms with Crippen LogP contribution in [-0.4, -0.2) is 6.54 Å². The van der Waals surface area contributed by atoms with Gasteiger partial charge in [-0.1, -0.05) is 51.7 Å². The number of allylic oxidation sites excluding steroid dienone is 4. The summed E-state index contributed by atoms with van der Waals surface area (Å²) in [6, 6.07) is 0. The molecular weight excluding hydrogens is 146 g/mol. The minimum Gasteiger partial charge on any atom is -0.327 e. The van der Waals surface area contributed by atoms with Crippen LogP contribution in [0.3, 0.4) is 0 Å². The molecule has 1 nitrogen and oxygen atoms in total. The number of nitrogens with two attached hydrogens (primary N) is 1. The molecule has 0 aromatic heterocycles. The predicted octanol–water partition coefficient (Wildman–Crippen LogP) is 2.66. The first-order chi connectivity index (χ1) is 5.52. The van der Waals surface area contributed by atoms with Gasteiger partial charge in [-0.2, -0.15) is 0 Å². The molecule has 1 heteroatoms. The second-order valence-electron chi connectivity index (χ2n) is 3.75. The third-order valence-corrected chi connectivity index (χ3v) is 1.60. The maximum atomic E-state index is 5.38. The van der Waals surface area contributed by atoms with E-state index in [1.54, 1.807) is 6.08 Å². The normalized spacial score (nSPS) is 13.8. The van der Waals surface area contributed by atoms with Gasteiger partial charge in [0, 0.05) is 6.54 Å². The van der Waals surface area contributed by atoms with Crippen molar-refractivity contribution in [3.8, 4) is 0 Å². The van der Waals surface area contributed by atoms with E-state index in [1.807, 2.05) is 12.2 Å². The van der Waals surface area contributed by atoms with E-state index >= 15 is 0 Å². The Hall–Kier alpha value is -0.820. The van der Waals surface area contributed by atoms with Gasteiger partial charge in [0.15, 0.2) is 0 Å². The number of hydrogen-bond donors (Lipinski definition) is 1. The van der Waals surface area contributed by atoms with E-state index in [0.717, 1.165) is 0 Å². The van der Waals surface area contributed by atoms with Gasteiger partial charge in [0.05, 0.1) is 0 Å². The Bertz CT molecular complexity index is 192. The maximum absolute atomic E-state index is 5.38. The second-order valence-corrected chi connectivity index (χ2v) is 3.75. The van der Waals surface area contributed by atoms with Crippen LogP contribution in [0, 0.1) is 5.41 Å². The zero-order valence-corrected chi connectivity index (χ0v) is 8.30. The summed E-state index contributed by atoms with van der Waals surface area (Å²) in [6.07, 6.45) is 7.84. The van der Waals surface area contributed by atoms with Crippen molar-refractivity contribution in [2.24, 2.45) is 11.1 Å². The van der Waals surface area contributed by atoms with Crippen LogP contribution in [-0.2, 0) is 0 Å². The van der Waals surface area contributed by atoms with Crippen molar-refractivity contribution in [2.75, 3.05) is 6.54 Å². The van der Waals surface area contributed by atoms with Crippen molar-refractivity contribution in [1.29, 1.82) is 0 Å². The third-order valence-electron chi connectivity index (χ3n) is 1.60. The van der Waals surface area contributed by atoms with Crippen molar-refractivity contribution in [3.05, 3.63) is 36.5 Å². The van der Waals surface area contributed by atoms with E-state index in [0.29, 0.717) is 6.54 Å². The van der Waals surface area contributed by atoms with Crippen LogP contribution < -0.4 is 5.73 Å². The predicted molar refractivity (Wildman–Crippen MR) is 55.9 cm³/mol. The first-order valence-corrected chi connectivity index (χ1v) is 4.22. The average molecular weight is 165 g/mol. The van der Waals surface area contributed by atoms with Crippen molar-refractivity contribution < 1.29 is 0 Å². The van der Waals surface area contributed by atoms with Gasteiger partial charge in [0.2, 0.25) is 0 Å². The lowest BCUT2D eigenvalue weighted by Gasteiger charge is -2.19. The summed E-state index contributed by atoms with van der Waals surface area (Å²) in [4.78, 5) is 0. The first-order valence-electron chi connectivity index (χ1n) is 4.22. The quantitative estimate of drug-likeness (QED) is 0.639. The van der Waals surface area contributed by atoms with Gasteiger partial charge in [-0.25, -0.2) is 0 Å². The van der Waals surface area contributed by atoms with Crippen LogP contribution in [0.25, 0.3) is 0 Å². The van der Waals surface area contributed by atoms with Gasteiger partial charge >= 0.3 is 0 Å². The van der Waals surface area contributed by atoms with E-state index in [9.17, 15) is 0 Å². The summed E-state index contributed by atoms with van der Waals surface area (Å²) >= 11 is 0. The standard InChI is InChI=1S/C11H19N/c1-5-7-10(8-6-9-12)11(2,3)4/h5-8H,1,9,12H2,2-4H3/b8-6-,10-7+. The zero-order valence-electron chi connectivity index (χ0n) is 8.30. The topological polar surface area (TPSA) is 26.0 Å². The second kappa shape index (κ2) is 4.94. The molecule has 12 heavy (non-hydrogen) atoms. The van der Waals surface area contributed by atoms with E-state index in [2.05, 4.69) is 33.4 Å². The van der Waals surface area contributed by atoms with Crippen LogP contribution in [0.5, 0.6) is 0 Å². The largest absolute Gasteiger partial charge is 0.327 e.